The van der Waals surface area contributed by atoms with Gasteiger partial charge in [0.25, 0.3) is 10.0 Å². The number of aromatic nitrogens is 1. The second-order valence-corrected chi connectivity index (χ2v) is 7.23. The summed E-state index contributed by atoms with van der Waals surface area (Å²) in [6, 6.07) is 5.11. The number of hydrogen-bond donors (Lipinski definition) is 2. The van der Waals surface area contributed by atoms with Gasteiger partial charge in [-0.1, -0.05) is 6.07 Å². The first-order chi connectivity index (χ1) is 9.72. The molecule has 5 nitrogen and oxygen atoms in total. The summed E-state index contributed by atoms with van der Waals surface area (Å²) >= 11 is 3.28. The summed E-state index contributed by atoms with van der Waals surface area (Å²) in [5.74, 6) is 0. The highest BCUT2D eigenvalue weighted by atomic mass is 79.9. The fraction of sp³-hybridized carbons (Fsp3) is 0.214. The molecule has 0 radical (unpaired) electrons. The molecule has 112 valence electrons. The number of nitrogens with one attached hydrogen (secondary N) is 1. The molecule has 2 aromatic rings. The van der Waals surface area contributed by atoms with Crippen LogP contribution in [0.25, 0.3) is 0 Å². The van der Waals surface area contributed by atoms with Gasteiger partial charge >= 0.3 is 0 Å². The molecule has 0 saturated heterocycles. The van der Waals surface area contributed by atoms with Gasteiger partial charge in [0.05, 0.1) is 16.8 Å². The summed E-state index contributed by atoms with van der Waals surface area (Å²) in [6.07, 6.45) is 1.46. The fourth-order valence-corrected chi connectivity index (χ4v) is 3.83. The number of anilines is 2. The lowest BCUT2D eigenvalue weighted by atomic mass is 10.1. The summed E-state index contributed by atoms with van der Waals surface area (Å²) < 4.78 is 28.4. The van der Waals surface area contributed by atoms with Crippen LogP contribution in [0, 0.1) is 20.8 Å². The maximum absolute atomic E-state index is 12.6. The molecule has 0 spiro atoms. The van der Waals surface area contributed by atoms with Crippen LogP contribution in [0.15, 0.2) is 33.9 Å². The third kappa shape index (κ3) is 3.19. The van der Waals surface area contributed by atoms with Crippen LogP contribution in [0.3, 0.4) is 0 Å². The zero-order valence-electron chi connectivity index (χ0n) is 11.9. The molecule has 2 rings (SSSR count). The van der Waals surface area contributed by atoms with Crippen molar-refractivity contribution in [1.82, 2.24) is 4.98 Å². The van der Waals surface area contributed by atoms with E-state index < -0.39 is 10.0 Å². The average molecular weight is 370 g/mol. The molecular weight excluding hydrogens is 354 g/mol. The van der Waals surface area contributed by atoms with Crippen molar-refractivity contribution in [3.63, 3.8) is 0 Å². The summed E-state index contributed by atoms with van der Waals surface area (Å²) in [5.41, 5.74) is 8.72. The Bertz CT molecular complexity index is 804. The van der Waals surface area contributed by atoms with Gasteiger partial charge in [0.15, 0.2) is 0 Å². The van der Waals surface area contributed by atoms with Gasteiger partial charge in [-0.2, -0.15) is 0 Å². The van der Waals surface area contributed by atoms with Gasteiger partial charge in [0.2, 0.25) is 0 Å². The molecule has 7 heteroatoms. The minimum Gasteiger partial charge on any atom is -0.398 e. The van der Waals surface area contributed by atoms with Crippen molar-refractivity contribution in [2.75, 3.05) is 10.5 Å². The van der Waals surface area contributed by atoms with Gasteiger partial charge < -0.3 is 5.73 Å². The number of pyridine rings is 1. The first-order valence-electron chi connectivity index (χ1n) is 6.23. The van der Waals surface area contributed by atoms with Crippen LogP contribution >= 0.6 is 15.9 Å². The molecule has 1 heterocycles. The van der Waals surface area contributed by atoms with Gasteiger partial charge in [-0.25, -0.2) is 13.4 Å². The van der Waals surface area contributed by atoms with Crippen LogP contribution in [0.4, 0.5) is 11.4 Å². The predicted molar refractivity (Wildman–Crippen MR) is 87.8 cm³/mol. The Morgan fingerprint density at radius 2 is 1.86 bits per heavy atom. The van der Waals surface area contributed by atoms with Crippen LogP contribution in [-0.2, 0) is 10.0 Å². The summed E-state index contributed by atoms with van der Waals surface area (Å²) in [7, 11) is -3.71. The van der Waals surface area contributed by atoms with Crippen molar-refractivity contribution >= 4 is 37.3 Å². The van der Waals surface area contributed by atoms with Crippen LogP contribution < -0.4 is 10.5 Å². The average Bonchev–Trinajstić information content (AvgIpc) is 2.38. The highest BCUT2D eigenvalue weighted by molar-refractivity contribution is 9.10. The number of halogens is 1. The molecule has 0 aliphatic carbocycles. The number of nitrogens with two attached hydrogens (primary N) is 1. The molecule has 0 fully saturated rings. The largest absolute Gasteiger partial charge is 0.398 e. The van der Waals surface area contributed by atoms with Crippen molar-refractivity contribution in [2.24, 2.45) is 0 Å². The summed E-state index contributed by atoms with van der Waals surface area (Å²) in [4.78, 5) is 4.30. The highest BCUT2D eigenvalue weighted by Gasteiger charge is 2.21. The maximum Gasteiger partial charge on any atom is 0.262 e. The lowest BCUT2D eigenvalue weighted by Gasteiger charge is -2.14. The van der Waals surface area contributed by atoms with E-state index in [1.54, 1.807) is 32.0 Å². The van der Waals surface area contributed by atoms with Crippen LogP contribution in [-0.4, -0.2) is 13.4 Å². The summed E-state index contributed by atoms with van der Waals surface area (Å²) in [6.45, 7) is 5.28. The standard InChI is InChI=1S/C14H16BrN3O2S/c1-8-4-5-12(16)10(3)13(8)21(19,20)18-11-6-9(2)14(15)17-7-11/h4-7,18H,16H2,1-3H3. The second-order valence-electron chi connectivity index (χ2n) is 4.86. The lowest BCUT2D eigenvalue weighted by Crippen LogP contribution is -2.16. The van der Waals surface area contributed by atoms with E-state index in [2.05, 4.69) is 25.6 Å². The Kier molecular flexibility index (Phi) is 4.25. The first kappa shape index (κ1) is 15.8. The topological polar surface area (TPSA) is 85.1 Å². The van der Waals surface area contributed by atoms with Crippen molar-refractivity contribution in [3.8, 4) is 0 Å². The van der Waals surface area contributed by atoms with Gasteiger partial charge in [0.1, 0.15) is 4.60 Å². The number of sulfonamides is 1. The number of nitrogens with zero attached hydrogens (tertiary/aromatic N) is 1. The highest BCUT2D eigenvalue weighted by Crippen LogP contribution is 2.27. The Morgan fingerprint density at radius 1 is 1.19 bits per heavy atom. The number of aryl methyl sites for hydroxylation is 2. The van der Waals surface area contributed by atoms with Crippen molar-refractivity contribution < 1.29 is 8.42 Å². The minimum absolute atomic E-state index is 0.211. The van der Waals surface area contributed by atoms with Gasteiger partial charge in [-0.15, -0.1) is 0 Å². The lowest BCUT2D eigenvalue weighted by molar-refractivity contribution is 0.600. The maximum atomic E-state index is 12.6. The van der Waals surface area contributed by atoms with Gasteiger partial charge in [-0.3, -0.25) is 4.72 Å². The molecule has 0 saturated carbocycles. The van der Waals surface area contributed by atoms with E-state index in [4.69, 9.17) is 5.73 Å². The molecule has 1 aromatic heterocycles. The number of hydrogen-bond acceptors (Lipinski definition) is 4. The Hall–Kier alpha value is -1.60. The van der Waals surface area contributed by atoms with E-state index in [0.717, 1.165) is 5.56 Å². The Balaban J connectivity index is 2.48. The van der Waals surface area contributed by atoms with E-state index in [9.17, 15) is 8.42 Å². The number of rotatable bonds is 3. The van der Waals surface area contributed by atoms with Crippen molar-refractivity contribution in [3.05, 3.63) is 45.7 Å². The van der Waals surface area contributed by atoms with Gasteiger partial charge in [0, 0.05) is 5.69 Å². The predicted octanol–water partition coefficient (Wildman–Crippen LogP) is 3.15. The Morgan fingerprint density at radius 3 is 2.48 bits per heavy atom. The zero-order chi connectivity index (χ0) is 15.8. The van der Waals surface area contributed by atoms with E-state index in [1.807, 2.05) is 6.92 Å². The third-order valence-corrected chi connectivity index (χ3v) is 5.68. The zero-order valence-corrected chi connectivity index (χ0v) is 14.3. The monoisotopic (exact) mass is 369 g/mol. The quantitative estimate of drug-likeness (QED) is 0.642. The second kappa shape index (κ2) is 5.65. The normalized spacial score (nSPS) is 11.4. The first-order valence-corrected chi connectivity index (χ1v) is 8.50. The molecule has 0 atom stereocenters. The fourth-order valence-electron chi connectivity index (χ4n) is 2.08. The molecule has 0 aliphatic rings. The minimum atomic E-state index is -3.71. The molecule has 0 aliphatic heterocycles. The summed E-state index contributed by atoms with van der Waals surface area (Å²) in [5, 5.41) is 0. The molecule has 0 amide bonds. The van der Waals surface area contributed by atoms with Crippen molar-refractivity contribution in [2.45, 2.75) is 25.7 Å². The van der Waals surface area contributed by atoms with E-state index in [0.29, 0.717) is 27.1 Å². The van der Waals surface area contributed by atoms with E-state index in [-0.39, 0.29) is 4.90 Å². The third-order valence-electron chi connectivity index (χ3n) is 3.18. The molecule has 0 unspecified atom stereocenters. The van der Waals surface area contributed by atoms with E-state index in [1.165, 1.54) is 6.20 Å². The smallest absolute Gasteiger partial charge is 0.262 e. The SMILES string of the molecule is Cc1cc(NS(=O)(=O)c2c(C)ccc(N)c2C)cnc1Br. The molecular formula is C14H16BrN3O2S. The van der Waals surface area contributed by atoms with Crippen LogP contribution in [0.5, 0.6) is 0 Å². The van der Waals surface area contributed by atoms with E-state index >= 15 is 0 Å². The van der Waals surface area contributed by atoms with Crippen LogP contribution in [0.2, 0.25) is 0 Å². The van der Waals surface area contributed by atoms with Crippen molar-refractivity contribution in [1.29, 1.82) is 0 Å². The molecule has 3 N–H and O–H groups in total. The Labute approximate surface area is 132 Å². The molecule has 0 bridgehead atoms. The van der Waals surface area contributed by atoms with Crippen LogP contribution in [0.1, 0.15) is 16.7 Å². The molecule has 1 aromatic carbocycles. The number of benzene rings is 1. The van der Waals surface area contributed by atoms with Gasteiger partial charge in [-0.05, 0) is 65.5 Å². The number of nitrogen functional groups attached to an aromatic ring is 1. The molecule has 21 heavy (non-hydrogen) atoms.